The molecule has 0 bridgehead atoms. The van der Waals surface area contributed by atoms with Crippen LogP contribution in [0.2, 0.25) is 0 Å². The number of carbonyl (C=O) groups excluding carboxylic acids is 1. The molecule has 1 aromatic carbocycles. The SMILES string of the molecule is COOSN(C)c1nc(-c2ccc(F)cc2)c(/C=C/[C@@H](O)C[C@@H](O)CC(=O)[O-])c(C(C)C)n1.[Ca+2]. The van der Waals surface area contributed by atoms with E-state index in [1.165, 1.54) is 25.3 Å². The standard InChI is InChI=1S/C22H28FN3O6S.Ca/c1-13(2)20-18(10-9-16(27)11-17(28)12-19(29)30)21(14-5-7-15(23)8-6-14)25-22(24-20)26(3)33-32-31-4;/h5-10,13,16-17,27-28H,11-12H2,1-4H3,(H,29,30);/q;+2/p-1/b10-9+;/t16-,17-;/m1./s1. The van der Waals surface area contributed by atoms with Crippen molar-refractivity contribution in [3.8, 4) is 11.3 Å². The first-order valence-corrected chi connectivity index (χ1v) is 10.8. The van der Waals surface area contributed by atoms with Crippen molar-refractivity contribution in [1.29, 1.82) is 0 Å². The van der Waals surface area contributed by atoms with Gasteiger partial charge in [0.15, 0.2) is 12.2 Å². The van der Waals surface area contributed by atoms with Gasteiger partial charge in [-0.25, -0.2) is 19.2 Å². The largest absolute Gasteiger partial charge is 2.00 e. The van der Waals surface area contributed by atoms with Crippen molar-refractivity contribution >= 4 is 68.0 Å². The molecule has 2 rings (SSSR count). The van der Waals surface area contributed by atoms with Crippen molar-refractivity contribution < 1.29 is 33.7 Å². The fraction of sp³-hybridized carbons (Fsp3) is 0.409. The normalized spacial score (nSPS) is 13.1. The van der Waals surface area contributed by atoms with Gasteiger partial charge in [-0.05, 0) is 30.2 Å². The molecule has 0 aliphatic carbocycles. The van der Waals surface area contributed by atoms with Crippen LogP contribution in [-0.4, -0.2) is 90.3 Å². The Hall–Kier alpha value is -1.31. The van der Waals surface area contributed by atoms with E-state index in [-0.39, 0.29) is 50.1 Å². The molecular formula is C22H27CaFN3O6S+. The van der Waals surface area contributed by atoms with Gasteiger partial charge in [0.05, 0.1) is 30.7 Å². The number of halogens is 1. The van der Waals surface area contributed by atoms with Crippen LogP contribution in [0, 0.1) is 5.82 Å². The summed E-state index contributed by atoms with van der Waals surface area (Å²) in [6.07, 6.45) is -0.0711. The number of rotatable bonds is 12. The molecule has 1 aromatic heterocycles. The molecule has 0 amide bonds. The van der Waals surface area contributed by atoms with Crippen LogP contribution in [0.3, 0.4) is 0 Å². The third kappa shape index (κ3) is 9.38. The Morgan fingerprint density at radius 3 is 2.47 bits per heavy atom. The molecule has 1 heterocycles. The first-order valence-electron chi connectivity index (χ1n) is 10.2. The summed E-state index contributed by atoms with van der Waals surface area (Å²) in [6, 6.07) is 5.80. The average molecular weight is 521 g/mol. The molecule has 0 aliphatic rings. The molecular weight excluding hydrogens is 493 g/mol. The number of aliphatic hydroxyl groups excluding tert-OH is 2. The van der Waals surface area contributed by atoms with E-state index in [1.54, 1.807) is 29.6 Å². The van der Waals surface area contributed by atoms with Gasteiger partial charge in [-0.15, -0.1) is 4.33 Å². The molecule has 0 unspecified atom stereocenters. The minimum absolute atomic E-state index is 0. The molecule has 2 aromatic rings. The van der Waals surface area contributed by atoms with E-state index in [0.29, 0.717) is 28.5 Å². The molecule has 2 N–H and O–H groups in total. The number of carboxylic acid groups (broad SMARTS) is 1. The van der Waals surface area contributed by atoms with Gasteiger partial charge in [-0.1, -0.05) is 26.0 Å². The summed E-state index contributed by atoms with van der Waals surface area (Å²) >= 11 is 0.879. The Balaban J connectivity index is 0.00000578. The number of carboxylic acids is 1. The smallest absolute Gasteiger partial charge is 0.550 e. The molecule has 2 atom stereocenters. The monoisotopic (exact) mass is 520 g/mol. The number of hydrogen-bond donors (Lipinski definition) is 2. The Labute approximate surface area is 232 Å². The summed E-state index contributed by atoms with van der Waals surface area (Å²) in [5.41, 5.74) is 2.37. The number of aromatic nitrogens is 2. The van der Waals surface area contributed by atoms with Crippen LogP contribution in [0.25, 0.3) is 17.3 Å². The number of hydrogen-bond acceptors (Lipinski definition) is 10. The van der Waals surface area contributed by atoms with Crippen molar-refractivity contribution in [1.82, 2.24) is 9.97 Å². The van der Waals surface area contributed by atoms with Crippen molar-refractivity contribution in [2.45, 2.75) is 44.8 Å². The van der Waals surface area contributed by atoms with E-state index in [2.05, 4.69) is 14.9 Å². The first kappa shape index (κ1) is 30.7. The maximum Gasteiger partial charge on any atom is 2.00 e. The van der Waals surface area contributed by atoms with Gasteiger partial charge in [-0.3, -0.25) is 4.31 Å². The summed E-state index contributed by atoms with van der Waals surface area (Å²) < 4.78 is 20.0. The van der Waals surface area contributed by atoms with Crippen molar-refractivity contribution in [3.05, 3.63) is 47.4 Å². The predicted molar refractivity (Wildman–Crippen MR) is 127 cm³/mol. The molecule has 0 saturated carbocycles. The third-order valence-corrected chi connectivity index (χ3v) is 5.10. The van der Waals surface area contributed by atoms with Gasteiger partial charge < -0.3 is 20.1 Å². The first-order chi connectivity index (χ1) is 15.6. The zero-order valence-electron chi connectivity index (χ0n) is 19.5. The zero-order chi connectivity index (χ0) is 24.5. The van der Waals surface area contributed by atoms with E-state index in [9.17, 15) is 24.5 Å². The van der Waals surface area contributed by atoms with Crippen molar-refractivity contribution in [2.75, 3.05) is 18.5 Å². The molecule has 9 nitrogen and oxygen atoms in total. The summed E-state index contributed by atoms with van der Waals surface area (Å²) in [5, 5.41) is 30.7. The van der Waals surface area contributed by atoms with Crippen LogP contribution in [0.1, 0.15) is 43.9 Å². The second-order valence-electron chi connectivity index (χ2n) is 7.53. The summed E-state index contributed by atoms with van der Waals surface area (Å²) in [4.78, 5) is 24.5. The Morgan fingerprint density at radius 1 is 1.26 bits per heavy atom. The number of benzene rings is 1. The predicted octanol–water partition coefficient (Wildman–Crippen LogP) is 1.87. The maximum absolute atomic E-state index is 13.5. The second kappa shape index (κ2) is 14.9. The number of aliphatic carboxylic acids is 1. The van der Waals surface area contributed by atoms with Gasteiger partial charge in [0, 0.05) is 37.0 Å². The van der Waals surface area contributed by atoms with E-state index in [1.807, 2.05) is 13.8 Å². The molecule has 0 aliphatic heterocycles. The number of nitrogens with zero attached hydrogens (tertiary/aromatic N) is 3. The van der Waals surface area contributed by atoms with Gasteiger partial charge in [0.2, 0.25) is 5.95 Å². The topological polar surface area (TPSA) is 128 Å². The van der Waals surface area contributed by atoms with Crippen molar-refractivity contribution in [3.63, 3.8) is 0 Å². The molecule has 0 radical (unpaired) electrons. The molecule has 180 valence electrons. The fourth-order valence-corrected chi connectivity index (χ4v) is 3.30. The number of aliphatic hydroxyl groups is 2. The van der Waals surface area contributed by atoms with Gasteiger partial charge in [-0.2, -0.15) is 0 Å². The van der Waals surface area contributed by atoms with Crippen LogP contribution < -0.4 is 9.41 Å². The maximum atomic E-state index is 13.5. The average Bonchev–Trinajstić information content (AvgIpc) is 2.75. The number of carbonyl (C=O) groups is 1. The Bertz CT molecular complexity index is 964. The second-order valence-corrected chi connectivity index (χ2v) is 8.36. The van der Waals surface area contributed by atoms with Crippen LogP contribution in [0.15, 0.2) is 30.3 Å². The van der Waals surface area contributed by atoms with Crippen molar-refractivity contribution in [2.24, 2.45) is 0 Å². The molecule has 12 heteroatoms. The van der Waals surface area contributed by atoms with Gasteiger partial charge >= 0.3 is 37.7 Å². The summed E-state index contributed by atoms with van der Waals surface area (Å²) in [7, 11) is 3.06. The van der Waals surface area contributed by atoms with E-state index < -0.39 is 30.4 Å². The fourth-order valence-electron chi connectivity index (χ4n) is 3.00. The minimum Gasteiger partial charge on any atom is -0.550 e. The van der Waals surface area contributed by atoms with E-state index >= 15 is 0 Å². The van der Waals surface area contributed by atoms with E-state index in [4.69, 9.17) is 4.33 Å². The van der Waals surface area contributed by atoms with Gasteiger partial charge in [0.1, 0.15) is 5.82 Å². The number of anilines is 1. The van der Waals surface area contributed by atoms with Crippen LogP contribution in [0.5, 0.6) is 0 Å². The molecule has 0 saturated heterocycles. The van der Waals surface area contributed by atoms with Crippen LogP contribution >= 0.6 is 12.2 Å². The minimum atomic E-state index is -1.40. The van der Waals surface area contributed by atoms with E-state index in [0.717, 1.165) is 12.2 Å². The molecule has 34 heavy (non-hydrogen) atoms. The van der Waals surface area contributed by atoms with Crippen LogP contribution in [-0.2, 0) is 14.0 Å². The summed E-state index contributed by atoms with van der Waals surface area (Å²) in [5.74, 6) is -1.52. The quantitative estimate of drug-likeness (QED) is 0.141. The Morgan fingerprint density at radius 2 is 1.91 bits per heavy atom. The Kier molecular flexibility index (Phi) is 13.5. The summed E-state index contributed by atoms with van der Waals surface area (Å²) in [6.45, 7) is 3.88. The van der Waals surface area contributed by atoms with Crippen LogP contribution in [0.4, 0.5) is 10.3 Å². The molecule has 0 spiro atoms. The van der Waals surface area contributed by atoms with Gasteiger partial charge in [0.25, 0.3) is 0 Å². The zero-order valence-corrected chi connectivity index (χ0v) is 22.5. The third-order valence-electron chi connectivity index (χ3n) is 4.52. The molecule has 0 fully saturated rings.